The summed E-state index contributed by atoms with van der Waals surface area (Å²) in [4.78, 5) is 0. The number of hydrogen-bond donors (Lipinski definition) is 1. The van der Waals surface area contributed by atoms with E-state index in [9.17, 15) is 0 Å². The van der Waals surface area contributed by atoms with Gasteiger partial charge >= 0.3 is 0 Å². The summed E-state index contributed by atoms with van der Waals surface area (Å²) in [6.45, 7) is 5.51. The molecule has 1 aromatic rings. The summed E-state index contributed by atoms with van der Waals surface area (Å²) in [5.41, 5.74) is 1.35. The van der Waals surface area contributed by atoms with Crippen LogP contribution in [-0.4, -0.2) is 6.04 Å². The Morgan fingerprint density at radius 3 is 2.76 bits per heavy atom. The topological polar surface area (TPSA) is 12.0 Å². The molecule has 1 N–H and O–H groups in total. The molecule has 0 heterocycles. The summed E-state index contributed by atoms with van der Waals surface area (Å²) in [5, 5.41) is 3.58. The van der Waals surface area contributed by atoms with Crippen LogP contribution in [0.25, 0.3) is 0 Å². The van der Waals surface area contributed by atoms with Crippen LogP contribution in [0.3, 0.4) is 0 Å². The summed E-state index contributed by atoms with van der Waals surface area (Å²) >= 11 is 3.50. The molecular formula is C15H24BrN. The molecule has 0 radical (unpaired) electrons. The third-order valence-corrected chi connectivity index (χ3v) is 3.53. The third-order valence-electron chi connectivity index (χ3n) is 3.03. The first-order valence-corrected chi connectivity index (χ1v) is 7.49. The van der Waals surface area contributed by atoms with Gasteiger partial charge in [-0.3, -0.25) is 0 Å². The van der Waals surface area contributed by atoms with Crippen molar-refractivity contribution in [2.45, 2.75) is 58.5 Å². The van der Waals surface area contributed by atoms with Crippen LogP contribution in [0.5, 0.6) is 0 Å². The number of rotatable bonds is 8. The first kappa shape index (κ1) is 14.7. The number of hydrogen-bond acceptors (Lipinski definition) is 1. The van der Waals surface area contributed by atoms with E-state index in [1.165, 1.54) is 37.7 Å². The summed E-state index contributed by atoms with van der Waals surface area (Å²) in [5.74, 6) is 0. The second-order valence-corrected chi connectivity index (χ2v) is 5.68. The van der Waals surface area contributed by atoms with Gasteiger partial charge in [-0.1, -0.05) is 60.7 Å². The van der Waals surface area contributed by atoms with Crippen LogP contribution in [-0.2, 0) is 6.54 Å². The van der Waals surface area contributed by atoms with Crippen LogP contribution in [0.1, 0.15) is 51.5 Å². The molecule has 1 rings (SSSR count). The van der Waals surface area contributed by atoms with Gasteiger partial charge in [0, 0.05) is 17.1 Å². The smallest absolute Gasteiger partial charge is 0.0208 e. The third kappa shape index (κ3) is 6.85. The Morgan fingerprint density at radius 1 is 1.24 bits per heavy atom. The predicted octanol–water partition coefficient (Wildman–Crippen LogP) is 4.90. The fraction of sp³-hybridized carbons (Fsp3) is 0.600. The average Bonchev–Trinajstić information content (AvgIpc) is 2.32. The summed E-state index contributed by atoms with van der Waals surface area (Å²) < 4.78 is 1.16. The van der Waals surface area contributed by atoms with Crippen LogP contribution in [0.2, 0.25) is 0 Å². The van der Waals surface area contributed by atoms with E-state index >= 15 is 0 Å². The van der Waals surface area contributed by atoms with Crippen molar-refractivity contribution in [3.63, 3.8) is 0 Å². The molecular weight excluding hydrogens is 274 g/mol. The first-order valence-electron chi connectivity index (χ1n) is 6.70. The van der Waals surface area contributed by atoms with Crippen LogP contribution in [0.4, 0.5) is 0 Å². The Hall–Kier alpha value is -0.340. The highest BCUT2D eigenvalue weighted by Crippen LogP contribution is 2.12. The minimum Gasteiger partial charge on any atom is -0.310 e. The highest BCUT2D eigenvalue weighted by molar-refractivity contribution is 9.10. The SMILES string of the molecule is CCCCCCC(C)NCc1cccc(Br)c1. The Kier molecular flexibility index (Phi) is 7.54. The second kappa shape index (κ2) is 8.71. The zero-order valence-electron chi connectivity index (χ0n) is 11.0. The fourth-order valence-electron chi connectivity index (χ4n) is 1.92. The van der Waals surface area contributed by atoms with Crippen molar-refractivity contribution >= 4 is 15.9 Å². The van der Waals surface area contributed by atoms with Crippen LogP contribution in [0.15, 0.2) is 28.7 Å². The lowest BCUT2D eigenvalue weighted by Crippen LogP contribution is -2.25. The molecule has 0 aliphatic carbocycles. The van der Waals surface area contributed by atoms with Crippen LogP contribution in [0, 0.1) is 0 Å². The van der Waals surface area contributed by atoms with E-state index in [1.54, 1.807) is 0 Å². The van der Waals surface area contributed by atoms with Gasteiger partial charge in [0.25, 0.3) is 0 Å². The van der Waals surface area contributed by atoms with E-state index in [0.717, 1.165) is 11.0 Å². The zero-order valence-corrected chi connectivity index (χ0v) is 12.6. The monoisotopic (exact) mass is 297 g/mol. The van der Waals surface area contributed by atoms with Gasteiger partial charge < -0.3 is 5.32 Å². The molecule has 2 heteroatoms. The van der Waals surface area contributed by atoms with Crippen molar-refractivity contribution in [2.24, 2.45) is 0 Å². The quantitative estimate of drug-likeness (QED) is 0.673. The first-order chi connectivity index (χ1) is 8.22. The van der Waals surface area contributed by atoms with Gasteiger partial charge in [0.1, 0.15) is 0 Å². The highest BCUT2D eigenvalue weighted by Gasteiger charge is 2.01. The molecule has 0 saturated carbocycles. The number of halogens is 1. The summed E-state index contributed by atoms with van der Waals surface area (Å²) in [6, 6.07) is 9.12. The Balaban J connectivity index is 2.17. The maximum Gasteiger partial charge on any atom is 0.0208 e. The lowest BCUT2D eigenvalue weighted by molar-refractivity contribution is 0.482. The van der Waals surface area contributed by atoms with Gasteiger partial charge in [0.2, 0.25) is 0 Å². The van der Waals surface area contributed by atoms with Crippen molar-refractivity contribution in [3.8, 4) is 0 Å². The minimum atomic E-state index is 0.617. The van der Waals surface area contributed by atoms with E-state index in [2.05, 4.69) is 59.4 Å². The molecule has 0 spiro atoms. The van der Waals surface area contributed by atoms with E-state index in [0.29, 0.717) is 6.04 Å². The lowest BCUT2D eigenvalue weighted by atomic mass is 10.1. The summed E-state index contributed by atoms with van der Waals surface area (Å²) in [6.07, 6.45) is 6.70. The molecule has 0 aromatic heterocycles. The van der Waals surface area contributed by atoms with Crippen LogP contribution >= 0.6 is 15.9 Å². The second-order valence-electron chi connectivity index (χ2n) is 4.76. The van der Waals surface area contributed by atoms with Gasteiger partial charge in [-0.05, 0) is 31.0 Å². The highest BCUT2D eigenvalue weighted by atomic mass is 79.9. The van der Waals surface area contributed by atoms with Crippen molar-refractivity contribution in [1.29, 1.82) is 0 Å². The maximum atomic E-state index is 3.58. The van der Waals surface area contributed by atoms with Gasteiger partial charge in [0.05, 0.1) is 0 Å². The minimum absolute atomic E-state index is 0.617. The van der Waals surface area contributed by atoms with Crippen LogP contribution < -0.4 is 5.32 Å². The van der Waals surface area contributed by atoms with Gasteiger partial charge in [0.15, 0.2) is 0 Å². The molecule has 0 fully saturated rings. The van der Waals surface area contributed by atoms with Crippen molar-refractivity contribution in [3.05, 3.63) is 34.3 Å². The largest absolute Gasteiger partial charge is 0.310 e. The Labute approximate surface area is 114 Å². The van der Waals surface area contributed by atoms with Crippen molar-refractivity contribution in [1.82, 2.24) is 5.32 Å². The van der Waals surface area contributed by atoms with E-state index < -0.39 is 0 Å². The summed E-state index contributed by atoms with van der Waals surface area (Å²) in [7, 11) is 0. The molecule has 96 valence electrons. The average molecular weight is 298 g/mol. The molecule has 1 unspecified atom stereocenters. The Morgan fingerprint density at radius 2 is 2.06 bits per heavy atom. The van der Waals surface area contributed by atoms with Crippen molar-refractivity contribution in [2.75, 3.05) is 0 Å². The molecule has 1 aromatic carbocycles. The molecule has 1 nitrogen and oxygen atoms in total. The molecule has 17 heavy (non-hydrogen) atoms. The van der Waals surface area contributed by atoms with Gasteiger partial charge in [-0.2, -0.15) is 0 Å². The van der Waals surface area contributed by atoms with Gasteiger partial charge in [-0.15, -0.1) is 0 Å². The molecule has 0 aliphatic rings. The fourth-order valence-corrected chi connectivity index (χ4v) is 2.37. The van der Waals surface area contributed by atoms with Crippen molar-refractivity contribution < 1.29 is 0 Å². The van der Waals surface area contributed by atoms with E-state index in [1.807, 2.05) is 0 Å². The zero-order chi connectivity index (χ0) is 12.5. The molecule has 0 amide bonds. The molecule has 1 atom stereocenters. The molecule has 0 aliphatic heterocycles. The lowest BCUT2D eigenvalue weighted by Gasteiger charge is -2.13. The predicted molar refractivity (Wildman–Crippen MR) is 79.2 cm³/mol. The molecule has 0 bridgehead atoms. The normalized spacial score (nSPS) is 12.6. The van der Waals surface area contributed by atoms with Gasteiger partial charge in [-0.25, -0.2) is 0 Å². The molecule has 0 saturated heterocycles. The number of unbranched alkanes of at least 4 members (excludes halogenated alkanes) is 3. The number of nitrogens with one attached hydrogen (secondary N) is 1. The van der Waals surface area contributed by atoms with E-state index in [4.69, 9.17) is 0 Å². The van der Waals surface area contributed by atoms with E-state index in [-0.39, 0.29) is 0 Å². The number of benzene rings is 1. The maximum absolute atomic E-state index is 3.58. The standard InChI is InChI=1S/C15H24BrN/c1-3-4-5-6-8-13(2)17-12-14-9-7-10-15(16)11-14/h7,9-11,13,17H,3-6,8,12H2,1-2H3. The Bertz CT molecular complexity index is 312.